The molecule has 0 unspecified atom stereocenters. The molecule has 0 bridgehead atoms. The third-order valence-corrected chi connectivity index (χ3v) is 3.22. The third-order valence-electron chi connectivity index (χ3n) is 3.22. The average Bonchev–Trinajstić information content (AvgIpc) is 2.38. The van der Waals surface area contributed by atoms with Crippen LogP contribution in [0.25, 0.3) is 22.1 Å². The Morgan fingerprint density at radius 1 is 0.895 bits per heavy atom. The van der Waals surface area contributed by atoms with Crippen LogP contribution >= 0.6 is 0 Å². The van der Waals surface area contributed by atoms with Gasteiger partial charge in [-0.25, -0.2) is 4.79 Å². The fourth-order valence-corrected chi connectivity index (χ4v) is 2.25. The van der Waals surface area contributed by atoms with Gasteiger partial charge in [0.2, 0.25) is 0 Å². The molecule has 0 atom stereocenters. The number of fused-ring (bicyclic) bond motifs is 1. The van der Waals surface area contributed by atoms with Gasteiger partial charge in [-0.05, 0) is 37.4 Å². The average molecular weight is 250 g/mol. The largest absolute Gasteiger partial charge is 0.422 e. The summed E-state index contributed by atoms with van der Waals surface area (Å²) in [5.41, 5.74) is 2.92. The molecule has 19 heavy (non-hydrogen) atoms. The minimum atomic E-state index is -0.283. The number of hydrogen-bond donors (Lipinski definition) is 0. The zero-order valence-electron chi connectivity index (χ0n) is 10.9. The van der Waals surface area contributed by atoms with Gasteiger partial charge < -0.3 is 4.42 Å². The summed E-state index contributed by atoms with van der Waals surface area (Å²) < 4.78 is 5.42. The Morgan fingerprint density at radius 2 is 1.68 bits per heavy atom. The van der Waals surface area contributed by atoms with Crippen LogP contribution in [-0.2, 0) is 0 Å². The highest BCUT2D eigenvalue weighted by Crippen LogP contribution is 2.23. The second kappa shape index (κ2) is 4.39. The van der Waals surface area contributed by atoms with Gasteiger partial charge in [-0.2, -0.15) is 0 Å². The molecule has 2 nitrogen and oxygen atoms in total. The molecule has 0 fully saturated rings. The molecule has 94 valence electrons. The predicted octanol–water partition coefficient (Wildman–Crippen LogP) is 4.08. The Labute approximate surface area is 111 Å². The molecule has 3 aromatic rings. The summed E-state index contributed by atoms with van der Waals surface area (Å²) in [6.45, 7) is 4.03. The van der Waals surface area contributed by atoms with Gasteiger partial charge >= 0.3 is 5.63 Å². The molecule has 2 aromatic carbocycles. The van der Waals surface area contributed by atoms with Gasteiger partial charge in [-0.1, -0.05) is 41.5 Å². The lowest BCUT2D eigenvalue weighted by Crippen LogP contribution is -2.00. The van der Waals surface area contributed by atoms with E-state index in [1.54, 1.807) is 0 Å². The van der Waals surface area contributed by atoms with Crippen molar-refractivity contribution in [3.05, 3.63) is 70.1 Å². The minimum absolute atomic E-state index is 0.283. The first-order chi connectivity index (χ1) is 9.13. The van der Waals surface area contributed by atoms with E-state index in [1.165, 1.54) is 0 Å². The molecule has 0 radical (unpaired) electrons. The lowest BCUT2D eigenvalue weighted by Gasteiger charge is -2.04. The van der Waals surface area contributed by atoms with Gasteiger partial charge in [0, 0.05) is 5.56 Å². The molecule has 0 spiro atoms. The molecule has 3 rings (SSSR count). The maximum atomic E-state index is 12.0. The van der Waals surface area contributed by atoms with E-state index in [-0.39, 0.29) is 5.63 Å². The Morgan fingerprint density at radius 3 is 2.47 bits per heavy atom. The van der Waals surface area contributed by atoms with Crippen molar-refractivity contribution < 1.29 is 4.42 Å². The van der Waals surface area contributed by atoms with E-state index < -0.39 is 0 Å². The highest BCUT2D eigenvalue weighted by atomic mass is 16.4. The standard InChI is InChI=1S/C17H14O2/c1-11-4-3-5-13(8-11)16-10-14-9-12(2)6-7-15(14)17(18)19-16/h3-10H,1-2H3. The molecule has 0 aliphatic carbocycles. The van der Waals surface area contributed by atoms with E-state index in [0.717, 1.165) is 22.1 Å². The fourth-order valence-electron chi connectivity index (χ4n) is 2.25. The van der Waals surface area contributed by atoms with Crippen LogP contribution in [0.2, 0.25) is 0 Å². The number of hydrogen-bond acceptors (Lipinski definition) is 2. The molecule has 0 aliphatic heterocycles. The number of aryl methyl sites for hydroxylation is 2. The highest BCUT2D eigenvalue weighted by molar-refractivity contribution is 5.84. The number of benzene rings is 2. The topological polar surface area (TPSA) is 30.2 Å². The van der Waals surface area contributed by atoms with Gasteiger partial charge in [0.15, 0.2) is 0 Å². The summed E-state index contributed by atoms with van der Waals surface area (Å²) in [7, 11) is 0. The second-order valence-electron chi connectivity index (χ2n) is 4.86. The summed E-state index contributed by atoms with van der Waals surface area (Å²) in [6, 6.07) is 15.6. The lowest BCUT2D eigenvalue weighted by atomic mass is 10.1. The Bertz CT molecular complexity index is 813. The zero-order chi connectivity index (χ0) is 13.4. The van der Waals surface area contributed by atoms with Crippen LogP contribution in [-0.4, -0.2) is 0 Å². The predicted molar refractivity (Wildman–Crippen MR) is 77.4 cm³/mol. The molecule has 0 amide bonds. The first-order valence-corrected chi connectivity index (χ1v) is 6.25. The van der Waals surface area contributed by atoms with E-state index in [4.69, 9.17) is 4.42 Å². The molecule has 1 aromatic heterocycles. The van der Waals surface area contributed by atoms with Crippen LogP contribution in [0.4, 0.5) is 0 Å². The first-order valence-electron chi connectivity index (χ1n) is 6.25. The van der Waals surface area contributed by atoms with E-state index in [1.807, 2.05) is 62.4 Å². The lowest BCUT2D eigenvalue weighted by molar-refractivity contribution is 0.534. The van der Waals surface area contributed by atoms with Crippen LogP contribution in [0, 0.1) is 13.8 Å². The maximum absolute atomic E-state index is 12.0. The number of rotatable bonds is 1. The monoisotopic (exact) mass is 250 g/mol. The van der Waals surface area contributed by atoms with Crippen LogP contribution in [0.3, 0.4) is 0 Å². The van der Waals surface area contributed by atoms with Gasteiger partial charge in [-0.3, -0.25) is 0 Å². The van der Waals surface area contributed by atoms with E-state index in [0.29, 0.717) is 11.1 Å². The quantitative estimate of drug-likeness (QED) is 0.651. The van der Waals surface area contributed by atoms with Crippen LogP contribution < -0.4 is 5.63 Å². The van der Waals surface area contributed by atoms with Crippen molar-refractivity contribution in [2.45, 2.75) is 13.8 Å². The van der Waals surface area contributed by atoms with Gasteiger partial charge in [-0.15, -0.1) is 0 Å². The highest BCUT2D eigenvalue weighted by Gasteiger charge is 2.06. The van der Waals surface area contributed by atoms with Crippen molar-refractivity contribution in [3.63, 3.8) is 0 Å². The normalized spacial score (nSPS) is 10.8. The minimum Gasteiger partial charge on any atom is -0.422 e. The van der Waals surface area contributed by atoms with Gasteiger partial charge in [0.25, 0.3) is 0 Å². The second-order valence-corrected chi connectivity index (χ2v) is 4.86. The molecular formula is C17H14O2. The molecular weight excluding hydrogens is 236 g/mol. The van der Waals surface area contributed by atoms with E-state index in [9.17, 15) is 4.79 Å². The third kappa shape index (κ3) is 2.17. The Kier molecular flexibility index (Phi) is 2.71. The van der Waals surface area contributed by atoms with Crippen LogP contribution in [0.15, 0.2) is 57.7 Å². The molecule has 0 saturated carbocycles. The van der Waals surface area contributed by atoms with E-state index in [2.05, 4.69) is 0 Å². The first kappa shape index (κ1) is 11.7. The summed E-state index contributed by atoms with van der Waals surface area (Å²) in [4.78, 5) is 12.0. The Hall–Kier alpha value is -2.35. The summed E-state index contributed by atoms with van der Waals surface area (Å²) in [5, 5.41) is 1.55. The molecule has 1 heterocycles. The SMILES string of the molecule is Cc1cccc(-c2cc3cc(C)ccc3c(=O)o2)c1. The van der Waals surface area contributed by atoms with Crippen molar-refractivity contribution in [1.29, 1.82) is 0 Å². The summed E-state index contributed by atoms with van der Waals surface area (Å²) in [5.74, 6) is 0.617. The van der Waals surface area contributed by atoms with Crippen LogP contribution in [0.1, 0.15) is 11.1 Å². The maximum Gasteiger partial charge on any atom is 0.344 e. The van der Waals surface area contributed by atoms with Crippen LogP contribution in [0.5, 0.6) is 0 Å². The van der Waals surface area contributed by atoms with Gasteiger partial charge in [0.05, 0.1) is 5.39 Å². The smallest absolute Gasteiger partial charge is 0.344 e. The summed E-state index contributed by atoms with van der Waals surface area (Å²) in [6.07, 6.45) is 0. The van der Waals surface area contributed by atoms with E-state index >= 15 is 0 Å². The molecule has 0 saturated heterocycles. The summed E-state index contributed by atoms with van der Waals surface area (Å²) >= 11 is 0. The molecule has 2 heteroatoms. The molecule has 0 N–H and O–H groups in total. The van der Waals surface area contributed by atoms with Crippen molar-refractivity contribution >= 4 is 10.8 Å². The van der Waals surface area contributed by atoms with Crippen molar-refractivity contribution in [2.75, 3.05) is 0 Å². The van der Waals surface area contributed by atoms with Crippen molar-refractivity contribution in [1.82, 2.24) is 0 Å². The van der Waals surface area contributed by atoms with Crippen molar-refractivity contribution in [2.24, 2.45) is 0 Å². The van der Waals surface area contributed by atoms with Gasteiger partial charge in [0.1, 0.15) is 5.76 Å². The molecule has 0 aliphatic rings. The Balaban J connectivity index is 2.28. The van der Waals surface area contributed by atoms with Crippen molar-refractivity contribution in [3.8, 4) is 11.3 Å². The zero-order valence-corrected chi connectivity index (χ0v) is 10.9. The fraction of sp³-hybridized carbons (Fsp3) is 0.118.